The predicted octanol–water partition coefficient (Wildman–Crippen LogP) is 4.83. The summed E-state index contributed by atoms with van der Waals surface area (Å²) >= 11 is 0. The molecule has 0 N–H and O–H groups in total. The summed E-state index contributed by atoms with van der Waals surface area (Å²) in [5, 5.41) is 1.93. The zero-order valence-corrected chi connectivity index (χ0v) is 17.9. The molecule has 2 aromatic rings. The lowest BCUT2D eigenvalue weighted by Crippen LogP contribution is -2.44. The molecule has 5 nitrogen and oxygen atoms in total. The molecule has 1 amide bonds. The van der Waals surface area contributed by atoms with Gasteiger partial charge in [-0.2, -0.15) is 0 Å². The molecule has 1 atom stereocenters. The van der Waals surface area contributed by atoms with Crippen molar-refractivity contribution in [3.63, 3.8) is 0 Å². The Morgan fingerprint density at radius 1 is 1.17 bits per heavy atom. The first-order valence-corrected chi connectivity index (χ1v) is 9.92. The van der Waals surface area contributed by atoms with Gasteiger partial charge in [-0.1, -0.05) is 30.3 Å². The van der Waals surface area contributed by atoms with Crippen molar-refractivity contribution in [1.82, 2.24) is 4.90 Å². The Morgan fingerprint density at radius 3 is 2.59 bits per heavy atom. The number of amides is 1. The summed E-state index contributed by atoms with van der Waals surface area (Å²) in [4.78, 5) is 20.0. The first-order valence-electron chi connectivity index (χ1n) is 9.92. The number of carbonyl (C=O) groups excluding carboxylic acids is 1. The number of fused-ring (bicyclic) bond motifs is 5. The largest absolute Gasteiger partial charge is 0.484 e. The molecule has 29 heavy (non-hydrogen) atoms. The first-order chi connectivity index (χ1) is 13.7. The number of para-hydroxylation sites is 1. The summed E-state index contributed by atoms with van der Waals surface area (Å²) in [6.07, 6.45) is 2.15. The van der Waals surface area contributed by atoms with Crippen LogP contribution in [-0.4, -0.2) is 37.6 Å². The molecule has 152 valence electrons. The van der Waals surface area contributed by atoms with Crippen LogP contribution in [0.15, 0.2) is 42.5 Å². The van der Waals surface area contributed by atoms with Crippen molar-refractivity contribution in [3.05, 3.63) is 53.6 Å². The smallest absolute Gasteiger partial charge is 0.226 e. The lowest BCUT2D eigenvalue weighted by atomic mass is 9.81. The molecule has 4 rings (SSSR count). The Hall–Kier alpha value is -2.79. The van der Waals surface area contributed by atoms with Crippen molar-refractivity contribution in [2.45, 2.75) is 38.8 Å². The Labute approximate surface area is 172 Å². The van der Waals surface area contributed by atoms with Crippen LogP contribution >= 0.6 is 0 Å². The van der Waals surface area contributed by atoms with E-state index in [0.717, 1.165) is 33.7 Å². The second kappa shape index (κ2) is 6.92. The van der Waals surface area contributed by atoms with E-state index in [1.165, 1.54) is 5.57 Å². The fourth-order valence-corrected chi connectivity index (χ4v) is 4.55. The van der Waals surface area contributed by atoms with Crippen LogP contribution in [0.3, 0.4) is 0 Å². The van der Waals surface area contributed by atoms with Crippen LogP contribution in [0, 0.1) is 0 Å². The van der Waals surface area contributed by atoms with Gasteiger partial charge in [0, 0.05) is 30.8 Å². The van der Waals surface area contributed by atoms with E-state index < -0.39 is 0 Å². The van der Waals surface area contributed by atoms with Crippen LogP contribution in [0.4, 0.5) is 5.69 Å². The van der Waals surface area contributed by atoms with E-state index in [-0.39, 0.29) is 24.0 Å². The highest BCUT2D eigenvalue weighted by atomic mass is 16.7. The molecule has 2 aliphatic heterocycles. The third-order valence-electron chi connectivity index (χ3n) is 5.74. The van der Waals surface area contributed by atoms with Gasteiger partial charge in [0.2, 0.25) is 5.91 Å². The molecule has 0 aromatic heterocycles. The molecule has 2 aliphatic rings. The van der Waals surface area contributed by atoms with E-state index in [9.17, 15) is 4.79 Å². The number of nitrogens with zero attached hydrogens (tertiary/aromatic N) is 2. The molecule has 5 heteroatoms. The lowest BCUT2D eigenvalue weighted by Gasteiger charge is -2.43. The topological polar surface area (TPSA) is 42.0 Å². The predicted molar refractivity (Wildman–Crippen MR) is 116 cm³/mol. The normalized spacial score (nSPS) is 18.8. The molecule has 0 saturated heterocycles. The molecule has 0 spiro atoms. The molecule has 2 heterocycles. The van der Waals surface area contributed by atoms with Crippen LogP contribution in [0.25, 0.3) is 16.7 Å². The minimum Gasteiger partial charge on any atom is -0.484 e. The zero-order chi connectivity index (χ0) is 20.9. The quantitative estimate of drug-likeness (QED) is 0.750. The summed E-state index contributed by atoms with van der Waals surface area (Å²) < 4.78 is 6.38. The van der Waals surface area contributed by atoms with Gasteiger partial charge in [0.05, 0.1) is 24.8 Å². The summed E-state index contributed by atoms with van der Waals surface area (Å²) in [5.41, 5.74) is 6.22. The van der Waals surface area contributed by atoms with Gasteiger partial charge in [-0.05, 0) is 44.0 Å². The third kappa shape index (κ3) is 3.10. The van der Waals surface area contributed by atoms with Gasteiger partial charge in [-0.15, -0.1) is 0 Å². The highest BCUT2D eigenvalue weighted by Crippen LogP contribution is 2.51. The molecule has 0 fully saturated rings. The Kier molecular flexibility index (Phi) is 4.66. The van der Waals surface area contributed by atoms with E-state index in [4.69, 9.17) is 9.57 Å². The SMILES string of the molecule is CON1c2ccc3c(c2C(C)=CC1(C)C)C(CC(=O)N(C)C)Oc1ccccc1-3. The Balaban J connectivity index is 1.97. The number of hydrogen-bond acceptors (Lipinski definition) is 4. The van der Waals surface area contributed by atoms with Crippen LogP contribution in [-0.2, 0) is 9.63 Å². The van der Waals surface area contributed by atoms with Gasteiger partial charge in [0.1, 0.15) is 11.9 Å². The summed E-state index contributed by atoms with van der Waals surface area (Å²) in [6.45, 7) is 6.38. The highest BCUT2D eigenvalue weighted by Gasteiger charge is 2.38. The average Bonchev–Trinajstić information content (AvgIpc) is 2.66. The maximum absolute atomic E-state index is 12.6. The monoisotopic (exact) mass is 392 g/mol. The molecular weight excluding hydrogens is 364 g/mol. The molecule has 0 aliphatic carbocycles. The number of carbonyl (C=O) groups is 1. The van der Waals surface area contributed by atoms with Crippen molar-refractivity contribution in [3.8, 4) is 16.9 Å². The number of allylic oxidation sites excluding steroid dienone is 1. The molecule has 0 radical (unpaired) electrons. The highest BCUT2D eigenvalue weighted by molar-refractivity contribution is 5.90. The van der Waals surface area contributed by atoms with Crippen molar-refractivity contribution in [2.24, 2.45) is 0 Å². The standard InChI is InChI=1S/C24H28N2O3/c1-15-14-24(2,3)26(28-6)18-12-11-17-16-9-7-8-10-19(16)29-20(23(17)22(15)18)13-21(27)25(4)5/h7-12,14,20H,13H2,1-6H3. The van der Waals surface area contributed by atoms with E-state index in [1.54, 1.807) is 26.1 Å². The molecule has 0 bridgehead atoms. The fourth-order valence-electron chi connectivity index (χ4n) is 4.55. The number of hydroxylamine groups is 1. The van der Waals surface area contributed by atoms with Crippen molar-refractivity contribution < 1.29 is 14.4 Å². The number of benzene rings is 2. The van der Waals surface area contributed by atoms with Gasteiger partial charge in [-0.25, -0.2) is 5.06 Å². The fraction of sp³-hybridized carbons (Fsp3) is 0.375. The van der Waals surface area contributed by atoms with Crippen LogP contribution in [0.5, 0.6) is 5.75 Å². The van der Waals surface area contributed by atoms with E-state index in [0.29, 0.717) is 0 Å². The lowest BCUT2D eigenvalue weighted by molar-refractivity contribution is -0.130. The van der Waals surface area contributed by atoms with Crippen molar-refractivity contribution >= 4 is 17.2 Å². The molecule has 2 aromatic carbocycles. The second-order valence-electron chi connectivity index (χ2n) is 8.47. The maximum Gasteiger partial charge on any atom is 0.226 e. The van der Waals surface area contributed by atoms with Crippen LogP contribution in [0.2, 0.25) is 0 Å². The molecule has 0 saturated carbocycles. The van der Waals surface area contributed by atoms with Crippen molar-refractivity contribution in [2.75, 3.05) is 26.3 Å². The summed E-state index contributed by atoms with van der Waals surface area (Å²) in [6, 6.07) is 12.3. The van der Waals surface area contributed by atoms with Crippen LogP contribution < -0.4 is 9.80 Å². The Bertz CT molecular complexity index is 1010. The Morgan fingerprint density at radius 2 is 1.90 bits per heavy atom. The second-order valence-corrected chi connectivity index (χ2v) is 8.47. The van der Waals surface area contributed by atoms with Gasteiger partial charge in [0.15, 0.2) is 0 Å². The molecule has 1 unspecified atom stereocenters. The minimum absolute atomic E-state index is 0.0410. The van der Waals surface area contributed by atoms with E-state index >= 15 is 0 Å². The van der Waals surface area contributed by atoms with E-state index in [1.807, 2.05) is 23.3 Å². The van der Waals surface area contributed by atoms with Gasteiger partial charge in [-0.3, -0.25) is 9.63 Å². The number of hydrogen-bond donors (Lipinski definition) is 0. The number of rotatable bonds is 3. The van der Waals surface area contributed by atoms with Crippen LogP contribution in [0.1, 0.15) is 44.4 Å². The maximum atomic E-state index is 12.6. The van der Waals surface area contributed by atoms with Crippen molar-refractivity contribution in [1.29, 1.82) is 0 Å². The number of ether oxygens (including phenoxy) is 1. The zero-order valence-electron chi connectivity index (χ0n) is 17.9. The van der Waals surface area contributed by atoms with E-state index in [2.05, 4.69) is 45.0 Å². The third-order valence-corrected chi connectivity index (χ3v) is 5.74. The summed E-state index contributed by atoms with van der Waals surface area (Å²) in [5.74, 6) is 0.858. The first kappa shape index (κ1) is 19.5. The molecular formula is C24H28N2O3. The van der Waals surface area contributed by atoms with Gasteiger partial charge in [0.25, 0.3) is 0 Å². The van der Waals surface area contributed by atoms with Gasteiger partial charge >= 0.3 is 0 Å². The van der Waals surface area contributed by atoms with Gasteiger partial charge < -0.3 is 9.64 Å². The minimum atomic E-state index is -0.354. The summed E-state index contributed by atoms with van der Waals surface area (Å²) in [7, 11) is 5.25. The average molecular weight is 392 g/mol. The number of anilines is 1.